The van der Waals surface area contributed by atoms with Crippen LogP contribution in [0.25, 0.3) is 0 Å². The van der Waals surface area contributed by atoms with Gasteiger partial charge in [0.15, 0.2) is 6.10 Å². The molecule has 0 saturated carbocycles. The Bertz CT molecular complexity index is 722. The van der Waals surface area contributed by atoms with Gasteiger partial charge in [-0.1, -0.05) is 114 Å². The highest BCUT2D eigenvalue weighted by Gasteiger charge is 2.16. The molecule has 1 unspecified atom stereocenters. The lowest BCUT2D eigenvalue weighted by molar-refractivity contribution is -0.161. The van der Waals surface area contributed by atoms with Gasteiger partial charge in [0.05, 0.1) is 6.61 Å². The van der Waals surface area contributed by atoms with Crippen molar-refractivity contribution >= 4 is 11.9 Å². The van der Waals surface area contributed by atoms with E-state index < -0.39 is 6.10 Å². The topological polar surface area (TPSA) is 72.8 Å². The zero-order valence-electron chi connectivity index (χ0n) is 27.2. The Labute approximate surface area is 258 Å². The molecule has 0 bridgehead atoms. The van der Waals surface area contributed by atoms with Gasteiger partial charge < -0.3 is 14.6 Å². The number of esters is 2. The van der Waals surface area contributed by atoms with Crippen LogP contribution in [0.2, 0.25) is 0 Å². The Kier molecular flexibility index (Phi) is 31.7. The molecule has 0 fully saturated rings. The maximum atomic E-state index is 12.1. The van der Waals surface area contributed by atoms with Crippen LogP contribution in [-0.4, -0.2) is 36.4 Å². The summed E-state index contributed by atoms with van der Waals surface area (Å²) >= 11 is 0. The summed E-state index contributed by atoms with van der Waals surface area (Å²) in [5.74, 6) is -0.651. The SMILES string of the molecule is CCCCCC=CCC=CCC=CCCCCC(=O)OCC(CO)OC(=O)CCCCCCCC=CCCCCCC. The van der Waals surface area contributed by atoms with E-state index in [0.717, 1.165) is 57.8 Å². The van der Waals surface area contributed by atoms with Gasteiger partial charge in [-0.3, -0.25) is 9.59 Å². The monoisotopic (exact) mass is 588 g/mol. The number of unbranched alkanes of at least 4 members (excludes halogenated alkanes) is 14. The van der Waals surface area contributed by atoms with Crippen LogP contribution >= 0.6 is 0 Å². The highest BCUT2D eigenvalue weighted by atomic mass is 16.6. The number of ether oxygens (including phenoxy) is 2. The van der Waals surface area contributed by atoms with Gasteiger partial charge in [0, 0.05) is 12.8 Å². The number of carbonyl (C=O) groups is 2. The maximum absolute atomic E-state index is 12.1. The first-order chi connectivity index (χ1) is 20.6. The normalized spacial score (nSPS) is 12.7. The molecule has 242 valence electrons. The predicted octanol–water partition coefficient (Wildman–Crippen LogP) is 10.3. The van der Waals surface area contributed by atoms with Gasteiger partial charge in [0.2, 0.25) is 0 Å². The second kappa shape index (κ2) is 33.4. The Balaban J connectivity index is 3.69. The Morgan fingerprint density at radius 3 is 1.55 bits per heavy atom. The Morgan fingerprint density at radius 1 is 0.548 bits per heavy atom. The van der Waals surface area contributed by atoms with Gasteiger partial charge >= 0.3 is 11.9 Å². The molecule has 0 rings (SSSR count). The summed E-state index contributed by atoms with van der Waals surface area (Å²) in [5.41, 5.74) is 0. The molecule has 0 aliphatic carbocycles. The lowest BCUT2D eigenvalue weighted by Gasteiger charge is -2.15. The molecule has 0 spiro atoms. The number of rotatable bonds is 30. The number of aliphatic hydroxyl groups is 1. The highest BCUT2D eigenvalue weighted by molar-refractivity contribution is 5.70. The summed E-state index contributed by atoms with van der Waals surface area (Å²) in [5, 5.41) is 9.50. The van der Waals surface area contributed by atoms with Gasteiger partial charge in [-0.2, -0.15) is 0 Å². The van der Waals surface area contributed by atoms with Crippen LogP contribution in [0.1, 0.15) is 155 Å². The van der Waals surface area contributed by atoms with E-state index in [1.807, 2.05) is 0 Å². The van der Waals surface area contributed by atoms with Crippen molar-refractivity contribution < 1.29 is 24.2 Å². The molecule has 0 amide bonds. The Hall–Kier alpha value is -2.14. The summed E-state index contributed by atoms with van der Waals surface area (Å²) in [6, 6.07) is 0. The quantitative estimate of drug-likeness (QED) is 0.0513. The van der Waals surface area contributed by atoms with Crippen molar-refractivity contribution in [1.29, 1.82) is 0 Å². The van der Waals surface area contributed by atoms with Gasteiger partial charge in [0.1, 0.15) is 6.61 Å². The van der Waals surface area contributed by atoms with Crippen LogP contribution in [-0.2, 0) is 19.1 Å². The van der Waals surface area contributed by atoms with Crippen LogP contribution in [0.5, 0.6) is 0 Å². The number of carbonyl (C=O) groups excluding carboxylic acids is 2. The van der Waals surface area contributed by atoms with E-state index in [1.165, 1.54) is 70.6 Å². The lowest BCUT2D eigenvalue weighted by atomic mass is 10.1. The number of hydrogen-bond donors (Lipinski definition) is 1. The highest BCUT2D eigenvalue weighted by Crippen LogP contribution is 2.10. The molecule has 0 aromatic carbocycles. The summed E-state index contributed by atoms with van der Waals surface area (Å²) in [4.78, 5) is 24.1. The molecule has 1 atom stereocenters. The average Bonchev–Trinajstić information content (AvgIpc) is 2.99. The van der Waals surface area contributed by atoms with E-state index in [-0.39, 0.29) is 25.2 Å². The van der Waals surface area contributed by atoms with Crippen molar-refractivity contribution in [1.82, 2.24) is 0 Å². The molecule has 0 aliphatic heterocycles. The first kappa shape index (κ1) is 39.9. The molecular formula is C37H64O5. The van der Waals surface area contributed by atoms with Crippen molar-refractivity contribution in [2.24, 2.45) is 0 Å². The van der Waals surface area contributed by atoms with Gasteiger partial charge in [-0.25, -0.2) is 0 Å². The summed E-state index contributed by atoms with van der Waals surface area (Å²) < 4.78 is 10.5. The fourth-order valence-corrected chi connectivity index (χ4v) is 4.43. The fraction of sp³-hybridized carbons (Fsp3) is 0.730. The molecule has 0 aromatic heterocycles. The number of hydrogen-bond acceptors (Lipinski definition) is 5. The zero-order valence-corrected chi connectivity index (χ0v) is 27.2. The standard InChI is InChI=1S/C37H64O5/c1-3-5-7-9-11-13-15-17-18-20-21-23-25-27-29-31-36(39)41-34-35(33-38)42-37(40)32-30-28-26-24-22-19-16-14-12-10-8-6-4-2/h11,13-14,16-18,21,23,35,38H,3-10,12,15,19-20,22,24-34H2,1-2H3. The van der Waals surface area contributed by atoms with Crippen LogP contribution in [0, 0.1) is 0 Å². The lowest BCUT2D eigenvalue weighted by Crippen LogP contribution is -2.28. The van der Waals surface area contributed by atoms with E-state index in [1.54, 1.807) is 0 Å². The molecular weight excluding hydrogens is 524 g/mol. The van der Waals surface area contributed by atoms with Crippen molar-refractivity contribution in [2.45, 2.75) is 161 Å². The van der Waals surface area contributed by atoms with E-state index in [4.69, 9.17) is 9.47 Å². The summed E-state index contributed by atoms with van der Waals surface area (Å²) in [7, 11) is 0. The summed E-state index contributed by atoms with van der Waals surface area (Å²) in [6.07, 6.45) is 40.2. The molecule has 0 saturated heterocycles. The van der Waals surface area contributed by atoms with Crippen LogP contribution in [0.3, 0.4) is 0 Å². The molecule has 5 heteroatoms. The molecule has 1 N–H and O–H groups in total. The van der Waals surface area contributed by atoms with E-state index in [0.29, 0.717) is 12.8 Å². The van der Waals surface area contributed by atoms with Gasteiger partial charge in [-0.15, -0.1) is 0 Å². The third kappa shape index (κ3) is 30.8. The zero-order chi connectivity index (χ0) is 30.8. The minimum atomic E-state index is -0.789. The molecule has 0 heterocycles. The average molecular weight is 589 g/mol. The minimum Gasteiger partial charge on any atom is -0.462 e. The molecule has 0 aliphatic rings. The first-order valence-corrected chi connectivity index (χ1v) is 17.2. The van der Waals surface area contributed by atoms with Gasteiger partial charge in [-0.05, 0) is 77.0 Å². The van der Waals surface area contributed by atoms with Crippen LogP contribution in [0.15, 0.2) is 48.6 Å². The molecule has 0 aromatic rings. The number of aliphatic hydroxyl groups excluding tert-OH is 1. The van der Waals surface area contributed by atoms with E-state index >= 15 is 0 Å². The largest absolute Gasteiger partial charge is 0.462 e. The molecule has 42 heavy (non-hydrogen) atoms. The fourth-order valence-electron chi connectivity index (χ4n) is 4.43. The second-order valence-electron chi connectivity index (χ2n) is 11.2. The van der Waals surface area contributed by atoms with Crippen LogP contribution in [0.4, 0.5) is 0 Å². The van der Waals surface area contributed by atoms with Crippen LogP contribution < -0.4 is 0 Å². The van der Waals surface area contributed by atoms with Gasteiger partial charge in [0.25, 0.3) is 0 Å². The first-order valence-electron chi connectivity index (χ1n) is 17.2. The van der Waals surface area contributed by atoms with Crippen molar-refractivity contribution in [3.05, 3.63) is 48.6 Å². The third-order valence-electron chi connectivity index (χ3n) is 7.10. The molecule has 0 radical (unpaired) electrons. The van der Waals surface area contributed by atoms with E-state index in [2.05, 4.69) is 62.5 Å². The Morgan fingerprint density at radius 2 is 0.952 bits per heavy atom. The van der Waals surface area contributed by atoms with Crippen molar-refractivity contribution in [2.75, 3.05) is 13.2 Å². The maximum Gasteiger partial charge on any atom is 0.306 e. The second-order valence-corrected chi connectivity index (χ2v) is 11.2. The van der Waals surface area contributed by atoms with Crippen molar-refractivity contribution in [3.8, 4) is 0 Å². The molecule has 5 nitrogen and oxygen atoms in total. The predicted molar refractivity (Wildman–Crippen MR) is 177 cm³/mol. The number of allylic oxidation sites excluding steroid dienone is 8. The summed E-state index contributed by atoms with van der Waals surface area (Å²) in [6.45, 7) is 4.03. The minimum absolute atomic E-state index is 0.0899. The smallest absolute Gasteiger partial charge is 0.306 e. The van der Waals surface area contributed by atoms with Crippen molar-refractivity contribution in [3.63, 3.8) is 0 Å². The third-order valence-corrected chi connectivity index (χ3v) is 7.10. The van der Waals surface area contributed by atoms with E-state index in [9.17, 15) is 14.7 Å².